The second-order valence-corrected chi connectivity index (χ2v) is 3.92. The highest BCUT2D eigenvalue weighted by Crippen LogP contribution is 2.32. The predicted molar refractivity (Wildman–Crippen MR) is 58.6 cm³/mol. The number of aromatic hydroxyl groups is 2. The molecule has 0 amide bonds. The highest BCUT2D eigenvalue weighted by molar-refractivity contribution is 6.21. The molecule has 0 aliphatic heterocycles. The summed E-state index contributed by atoms with van der Waals surface area (Å²) in [6.07, 6.45) is 0.0428. The Kier molecular flexibility index (Phi) is 3.98. The zero-order valence-corrected chi connectivity index (χ0v) is 9.05. The van der Waals surface area contributed by atoms with E-state index in [9.17, 15) is 9.90 Å². The summed E-state index contributed by atoms with van der Waals surface area (Å²) in [6.45, 7) is 0. The van der Waals surface area contributed by atoms with E-state index < -0.39 is 17.4 Å². The largest absolute Gasteiger partial charge is 0.504 e. The molecule has 1 rings (SSSR count). The molecule has 0 bridgehead atoms. The van der Waals surface area contributed by atoms with Gasteiger partial charge in [-0.3, -0.25) is 4.79 Å². The summed E-state index contributed by atoms with van der Waals surface area (Å²) in [4.78, 5) is 10.5. The van der Waals surface area contributed by atoms with Crippen molar-refractivity contribution in [3.8, 4) is 11.5 Å². The van der Waals surface area contributed by atoms with Crippen molar-refractivity contribution in [3.63, 3.8) is 0 Å². The standard InChI is InChI=1S/C10H12ClNO4/c11-6(4-7(12)10(15)16)5-1-2-8(13)9(14)3-5/h1-3,6-7,13-14H,4,12H2,(H,15,16)/t6?,7-/m0/s1. The van der Waals surface area contributed by atoms with Crippen LogP contribution in [0.2, 0.25) is 0 Å². The highest BCUT2D eigenvalue weighted by atomic mass is 35.5. The average molecular weight is 246 g/mol. The topological polar surface area (TPSA) is 104 Å². The lowest BCUT2D eigenvalue weighted by Crippen LogP contribution is -2.31. The molecule has 0 aliphatic carbocycles. The fraction of sp³-hybridized carbons (Fsp3) is 0.300. The molecule has 0 aromatic heterocycles. The Bertz CT molecular complexity index is 396. The number of benzene rings is 1. The Labute approximate surface area is 97.1 Å². The number of aliphatic carboxylic acids is 1. The van der Waals surface area contributed by atoms with Gasteiger partial charge in [0.05, 0.1) is 5.38 Å². The van der Waals surface area contributed by atoms with E-state index in [1.807, 2.05) is 0 Å². The second kappa shape index (κ2) is 5.05. The third-order valence-electron chi connectivity index (χ3n) is 2.14. The van der Waals surface area contributed by atoms with Crippen LogP contribution in [0.1, 0.15) is 17.4 Å². The van der Waals surface area contributed by atoms with Gasteiger partial charge in [-0.1, -0.05) is 6.07 Å². The first-order valence-electron chi connectivity index (χ1n) is 4.56. The summed E-state index contributed by atoms with van der Waals surface area (Å²) in [7, 11) is 0. The lowest BCUT2D eigenvalue weighted by Gasteiger charge is -2.13. The van der Waals surface area contributed by atoms with Gasteiger partial charge in [-0.2, -0.15) is 0 Å². The van der Waals surface area contributed by atoms with Gasteiger partial charge >= 0.3 is 5.97 Å². The smallest absolute Gasteiger partial charge is 0.320 e. The van der Waals surface area contributed by atoms with Gasteiger partial charge in [0.25, 0.3) is 0 Å². The van der Waals surface area contributed by atoms with Crippen molar-refractivity contribution < 1.29 is 20.1 Å². The molecule has 1 aromatic rings. The van der Waals surface area contributed by atoms with E-state index >= 15 is 0 Å². The van der Waals surface area contributed by atoms with Gasteiger partial charge in [-0.25, -0.2) is 0 Å². The van der Waals surface area contributed by atoms with Gasteiger partial charge < -0.3 is 21.1 Å². The number of nitrogens with two attached hydrogens (primary N) is 1. The van der Waals surface area contributed by atoms with Crippen LogP contribution in [0.25, 0.3) is 0 Å². The number of halogens is 1. The first-order chi connectivity index (χ1) is 7.41. The number of rotatable bonds is 4. The van der Waals surface area contributed by atoms with Crippen LogP contribution in [-0.2, 0) is 4.79 Å². The number of hydrogen-bond donors (Lipinski definition) is 4. The van der Waals surface area contributed by atoms with Crippen LogP contribution in [0, 0.1) is 0 Å². The fourth-order valence-corrected chi connectivity index (χ4v) is 1.52. The van der Waals surface area contributed by atoms with Gasteiger partial charge in [-0.15, -0.1) is 11.6 Å². The summed E-state index contributed by atoms with van der Waals surface area (Å²) < 4.78 is 0. The van der Waals surface area contributed by atoms with E-state index in [2.05, 4.69) is 0 Å². The lowest BCUT2D eigenvalue weighted by atomic mass is 10.0. The van der Waals surface area contributed by atoms with E-state index in [-0.39, 0.29) is 17.9 Å². The van der Waals surface area contributed by atoms with Gasteiger partial charge in [0.15, 0.2) is 11.5 Å². The zero-order valence-electron chi connectivity index (χ0n) is 8.30. The molecule has 1 unspecified atom stereocenters. The van der Waals surface area contributed by atoms with E-state index in [1.54, 1.807) is 0 Å². The SMILES string of the molecule is N[C@@H](CC(Cl)c1ccc(O)c(O)c1)C(=O)O. The minimum absolute atomic E-state index is 0.0428. The van der Waals surface area contributed by atoms with Crippen LogP contribution >= 0.6 is 11.6 Å². The Morgan fingerprint density at radius 3 is 2.50 bits per heavy atom. The molecule has 1 aromatic carbocycles. The third-order valence-corrected chi connectivity index (χ3v) is 2.57. The minimum Gasteiger partial charge on any atom is -0.504 e. The monoisotopic (exact) mass is 245 g/mol. The number of phenolic OH excluding ortho intramolecular Hbond substituents is 2. The van der Waals surface area contributed by atoms with Crippen molar-refractivity contribution in [2.24, 2.45) is 5.73 Å². The van der Waals surface area contributed by atoms with Crippen LogP contribution in [0.3, 0.4) is 0 Å². The van der Waals surface area contributed by atoms with E-state index in [1.165, 1.54) is 18.2 Å². The molecular formula is C10H12ClNO4. The van der Waals surface area contributed by atoms with Crippen molar-refractivity contribution in [1.82, 2.24) is 0 Å². The molecule has 16 heavy (non-hydrogen) atoms. The summed E-state index contributed by atoms with van der Waals surface area (Å²) in [6, 6.07) is 3.01. The molecule has 88 valence electrons. The maximum absolute atomic E-state index is 10.5. The van der Waals surface area contributed by atoms with Crippen molar-refractivity contribution in [1.29, 1.82) is 0 Å². The van der Waals surface area contributed by atoms with E-state index in [4.69, 9.17) is 27.5 Å². The summed E-state index contributed by atoms with van der Waals surface area (Å²) in [5.74, 6) is -1.68. The Morgan fingerprint density at radius 1 is 1.38 bits per heavy atom. The zero-order chi connectivity index (χ0) is 12.3. The Balaban J connectivity index is 2.76. The molecule has 0 saturated heterocycles. The number of alkyl halides is 1. The van der Waals surface area contributed by atoms with Crippen molar-refractivity contribution in [2.45, 2.75) is 17.8 Å². The number of hydrogen-bond acceptors (Lipinski definition) is 4. The predicted octanol–water partition coefficient (Wildman–Crippen LogP) is 1.18. The summed E-state index contributed by atoms with van der Waals surface area (Å²) in [5.41, 5.74) is 5.83. The first-order valence-corrected chi connectivity index (χ1v) is 4.99. The lowest BCUT2D eigenvalue weighted by molar-refractivity contribution is -0.138. The van der Waals surface area contributed by atoms with Crippen LogP contribution in [0.4, 0.5) is 0 Å². The molecule has 0 spiro atoms. The molecule has 0 heterocycles. The summed E-state index contributed by atoms with van der Waals surface area (Å²) >= 11 is 5.93. The quantitative estimate of drug-likeness (QED) is 0.471. The van der Waals surface area contributed by atoms with Gasteiger partial charge in [0, 0.05) is 0 Å². The van der Waals surface area contributed by atoms with Gasteiger partial charge in [-0.05, 0) is 24.1 Å². The number of carboxylic acid groups (broad SMARTS) is 1. The maximum Gasteiger partial charge on any atom is 0.320 e. The molecule has 2 atom stereocenters. The van der Waals surface area contributed by atoms with Crippen molar-refractivity contribution >= 4 is 17.6 Å². The normalized spacial score (nSPS) is 14.4. The number of carboxylic acids is 1. The second-order valence-electron chi connectivity index (χ2n) is 3.40. The average Bonchev–Trinajstić information content (AvgIpc) is 2.21. The highest BCUT2D eigenvalue weighted by Gasteiger charge is 2.19. The molecule has 0 saturated carbocycles. The van der Waals surface area contributed by atoms with Crippen LogP contribution in [0.15, 0.2) is 18.2 Å². The van der Waals surface area contributed by atoms with Crippen molar-refractivity contribution in [3.05, 3.63) is 23.8 Å². The molecule has 6 heteroatoms. The number of phenols is 2. The molecule has 0 radical (unpaired) electrons. The third kappa shape index (κ3) is 3.01. The fourth-order valence-electron chi connectivity index (χ4n) is 1.20. The maximum atomic E-state index is 10.5. The molecule has 5 N–H and O–H groups in total. The van der Waals surface area contributed by atoms with Crippen LogP contribution < -0.4 is 5.73 Å². The van der Waals surface area contributed by atoms with Crippen molar-refractivity contribution in [2.75, 3.05) is 0 Å². The molecule has 0 fully saturated rings. The van der Waals surface area contributed by atoms with Crippen LogP contribution in [-0.4, -0.2) is 27.3 Å². The van der Waals surface area contributed by atoms with E-state index in [0.29, 0.717) is 5.56 Å². The molecule has 0 aliphatic rings. The molecule has 5 nitrogen and oxygen atoms in total. The first kappa shape index (κ1) is 12.6. The Hall–Kier alpha value is -1.46. The number of carbonyl (C=O) groups is 1. The summed E-state index contributed by atoms with van der Waals surface area (Å²) in [5, 5.41) is 26.3. The van der Waals surface area contributed by atoms with E-state index in [0.717, 1.165) is 0 Å². The minimum atomic E-state index is -1.13. The van der Waals surface area contributed by atoms with Gasteiger partial charge in [0.2, 0.25) is 0 Å². The van der Waals surface area contributed by atoms with Crippen LogP contribution in [0.5, 0.6) is 11.5 Å². The van der Waals surface area contributed by atoms with Gasteiger partial charge in [0.1, 0.15) is 6.04 Å². The molecular weight excluding hydrogens is 234 g/mol. The Morgan fingerprint density at radius 2 is 2.00 bits per heavy atom.